The van der Waals surface area contributed by atoms with Gasteiger partial charge in [0.2, 0.25) is 0 Å². The summed E-state index contributed by atoms with van der Waals surface area (Å²) in [5, 5.41) is 19.3. The number of aromatic carboxylic acids is 1. The molecule has 0 aliphatic heterocycles. The van der Waals surface area contributed by atoms with Crippen LogP contribution >= 0.6 is 15.9 Å². The number of nitrogens with zero attached hydrogens (tertiary/aromatic N) is 2. The molecule has 0 saturated heterocycles. The maximum Gasteiger partial charge on any atom is 0.339 e. The number of carbonyl (C=O) groups is 1. The molecule has 0 fully saturated rings. The second kappa shape index (κ2) is 5.01. The molecule has 0 aliphatic carbocycles. The number of nitrogens with one attached hydrogen (secondary N) is 1. The van der Waals surface area contributed by atoms with E-state index in [1.165, 1.54) is 6.07 Å². The van der Waals surface area contributed by atoms with E-state index in [1.807, 2.05) is 24.3 Å². The summed E-state index contributed by atoms with van der Waals surface area (Å²) in [7, 11) is 0. The van der Waals surface area contributed by atoms with E-state index in [0.29, 0.717) is 5.82 Å². The number of anilines is 3. The molecule has 0 radical (unpaired) electrons. The Morgan fingerprint density at radius 2 is 2.06 bits per heavy atom. The lowest BCUT2D eigenvalue weighted by Crippen LogP contribution is -2.07. The van der Waals surface area contributed by atoms with Crippen molar-refractivity contribution >= 4 is 39.2 Å². The molecule has 0 amide bonds. The van der Waals surface area contributed by atoms with Gasteiger partial charge in [-0.1, -0.05) is 12.1 Å². The van der Waals surface area contributed by atoms with E-state index in [2.05, 4.69) is 31.4 Å². The number of nitrogens with two attached hydrogens (primary N) is 1. The molecule has 0 atom stereocenters. The van der Waals surface area contributed by atoms with Crippen LogP contribution in [0.5, 0.6) is 0 Å². The topological polar surface area (TPSA) is 101 Å². The van der Waals surface area contributed by atoms with Crippen LogP contribution in [0.2, 0.25) is 0 Å². The van der Waals surface area contributed by atoms with Gasteiger partial charge in [-0.2, -0.15) is 0 Å². The predicted molar refractivity (Wildman–Crippen MR) is 70.8 cm³/mol. The largest absolute Gasteiger partial charge is 0.478 e. The van der Waals surface area contributed by atoms with Crippen molar-refractivity contribution in [3.05, 3.63) is 40.4 Å². The van der Waals surface area contributed by atoms with Gasteiger partial charge in [-0.05, 0) is 28.1 Å². The second-order valence-corrected chi connectivity index (χ2v) is 4.29. The van der Waals surface area contributed by atoms with Crippen molar-refractivity contribution in [2.24, 2.45) is 0 Å². The van der Waals surface area contributed by atoms with Crippen LogP contribution in [0, 0.1) is 0 Å². The van der Waals surface area contributed by atoms with Crippen LogP contribution in [0.4, 0.5) is 17.3 Å². The van der Waals surface area contributed by atoms with Crippen molar-refractivity contribution in [2.75, 3.05) is 11.1 Å². The number of para-hydroxylation sites is 1. The SMILES string of the molecule is Nc1nnc(Nc2ccccc2Br)cc1C(=O)O. The van der Waals surface area contributed by atoms with Gasteiger partial charge in [0.1, 0.15) is 5.56 Å². The van der Waals surface area contributed by atoms with Gasteiger partial charge in [0.15, 0.2) is 11.6 Å². The van der Waals surface area contributed by atoms with Gasteiger partial charge in [0.25, 0.3) is 0 Å². The zero-order chi connectivity index (χ0) is 13.1. The Balaban J connectivity index is 2.33. The van der Waals surface area contributed by atoms with Gasteiger partial charge in [-0.3, -0.25) is 0 Å². The zero-order valence-corrected chi connectivity index (χ0v) is 10.7. The van der Waals surface area contributed by atoms with Gasteiger partial charge in [-0.25, -0.2) is 4.79 Å². The summed E-state index contributed by atoms with van der Waals surface area (Å²) in [6.45, 7) is 0. The number of benzene rings is 1. The number of hydrogen-bond donors (Lipinski definition) is 3. The molecule has 0 aliphatic rings. The molecule has 2 aromatic rings. The highest BCUT2D eigenvalue weighted by Gasteiger charge is 2.11. The molecule has 0 saturated carbocycles. The Hall–Kier alpha value is -2.15. The lowest BCUT2D eigenvalue weighted by atomic mass is 10.2. The van der Waals surface area contributed by atoms with Crippen LogP contribution in [0.25, 0.3) is 0 Å². The molecule has 92 valence electrons. The summed E-state index contributed by atoms with van der Waals surface area (Å²) in [5.74, 6) is -0.939. The zero-order valence-electron chi connectivity index (χ0n) is 9.09. The Morgan fingerprint density at radius 3 is 2.72 bits per heavy atom. The summed E-state index contributed by atoms with van der Waals surface area (Å²) in [5.41, 5.74) is 6.10. The average Bonchev–Trinajstić information content (AvgIpc) is 2.34. The maximum absolute atomic E-state index is 10.9. The van der Waals surface area contributed by atoms with Crippen LogP contribution in [0.15, 0.2) is 34.8 Å². The first-order chi connectivity index (χ1) is 8.58. The van der Waals surface area contributed by atoms with E-state index in [4.69, 9.17) is 10.8 Å². The highest BCUT2D eigenvalue weighted by Crippen LogP contribution is 2.25. The summed E-state index contributed by atoms with van der Waals surface area (Å²) in [6, 6.07) is 8.72. The molecule has 0 bridgehead atoms. The lowest BCUT2D eigenvalue weighted by molar-refractivity contribution is 0.0697. The fourth-order valence-corrected chi connectivity index (χ4v) is 1.72. The summed E-state index contributed by atoms with van der Waals surface area (Å²) >= 11 is 3.36. The molecule has 2 rings (SSSR count). The Labute approximate surface area is 111 Å². The normalized spacial score (nSPS) is 10.1. The average molecular weight is 309 g/mol. The third-order valence-corrected chi connectivity index (χ3v) is 2.88. The Morgan fingerprint density at radius 1 is 1.33 bits per heavy atom. The molecule has 1 heterocycles. The third-order valence-electron chi connectivity index (χ3n) is 2.19. The van der Waals surface area contributed by atoms with Gasteiger partial charge in [0.05, 0.1) is 5.69 Å². The minimum atomic E-state index is -1.14. The van der Waals surface area contributed by atoms with Crippen molar-refractivity contribution in [2.45, 2.75) is 0 Å². The first-order valence-corrected chi connectivity index (χ1v) is 5.75. The molecule has 0 unspecified atom stereocenters. The van der Waals surface area contributed by atoms with Crippen molar-refractivity contribution < 1.29 is 9.90 Å². The van der Waals surface area contributed by atoms with E-state index in [-0.39, 0.29) is 11.4 Å². The van der Waals surface area contributed by atoms with Gasteiger partial charge in [-0.15, -0.1) is 10.2 Å². The Kier molecular flexibility index (Phi) is 3.42. The third kappa shape index (κ3) is 2.57. The molecular weight excluding hydrogens is 300 g/mol. The maximum atomic E-state index is 10.9. The molecule has 1 aromatic carbocycles. The summed E-state index contributed by atoms with van der Waals surface area (Å²) < 4.78 is 0.834. The van der Waals surface area contributed by atoms with Gasteiger partial charge >= 0.3 is 5.97 Å². The second-order valence-electron chi connectivity index (χ2n) is 3.44. The smallest absolute Gasteiger partial charge is 0.339 e. The molecule has 7 heteroatoms. The highest BCUT2D eigenvalue weighted by atomic mass is 79.9. The molecular formula is C11H9BrN4O2. The predicted octanol–water partition coefficient (Wildman–Crippen LogP) is 2.26. The molecule has 6 nitrogen and oxygen atoms in total. The summed E-state index contributed by atoms with van der Waals surface area (Å²) in [6.07, 6.45) is 0. The molecule has 1 aromatic heterocycles. The van der Waals surface area contributed by atoms with E-state index < -0.39 is 5.97 Å². The fourth-order valence-electron chi connectivity index (χ4n) is 1.33. The van der Waals surface area contributed by atoms with Crippen LogP contribution < -0.4 is 11.1 Å². The number of nitrogen functional groups attached to an aromatic ring is 1. The van der Waals surface area contributed by atoms with E-state index >= 15 is 0 Å². The highest BCUT2D eigenvalue weighted by molar-refractivity contribution is 9.10. The number of rotatable bonds is 3. The number of carboxylic acids is 1. The molecule has 18 heavy (non-hydrogen) atoms. The van der Waals surface area contributed by atoms with Crippen molar-refractivity contribution in [3.63, 3.8) is 0 Å². The van der Waals surface area contributed by atoms with Crippen LogP contribution in [0.1, 0.15) is 10.4 Å². The van der Waals surface area contributed by atoms with Gasteiger partial charge < -0.3 is 16.2 Å². The summed E-state index contributed by atoms with van der Waals surface area (Å²) in [4.78, 5) is 10.9. The minimum Gasteiger partial charge on any atom is -0.478 e. The van der Waals surface area contributed by atoms with Crippen LogP contribution in [0.3, 0.4) is 0 Å². The van der Waals surface area contributed by atoms with Crippen LogP contribution in [-0.4, -0.2) is 21.3 Å². The number of halogens is 1. The molecule has 4 N–H and O–H groups in total. The minimum absolute atomic E-state index is 0.0837. The lowest BCUT2D eigenvalue weighted by Gasteiger charge is -2.08. The number of hydrogen-bond acceptors (Lipinski definition) is 5. The van der Waals surface area contributed by atoms with Gasteiger partial charge in [0, 0.05) is 10.5 Å². The fraction of sp³-hybridized carbons (Fsp3) is 0. The van der Waals surface area contributed by atoms with E-state index in [1.54, 1.807) is 0 Å². The van der Waals surface area contributed by atoms with Crippen LogP contribution in [-0.2, 0) is 0 Å². The monoisotopic (exact) mass is 308 g/mol. The number of aromatic nitrogens is 2. The molecule has 0 spiro atoms. The number of carboxylic acid groups (broad SMARTS) is 1. The first-order valence-electron chi connectivity index (χ1n) is 4.96. The van der Waals surface area contributed by atoms with Crippen molar-refractivity contribution in [3.8, 4) is 0 Å². The Bertz CT molecular complexity index is 603. The van der Waals surface area contributed by atoms with E-state index in [0.717, 1.165) is 10.2 Å². The standard InChI is InChI=1S/C11H9BrN4O2/c12-7-3-1-2-4-8(7)14-9-5-6(11(17)18)10(13)16-15-9/h1-5H,(H2,13,16)(H,14,15)(H,17,18). The first kappa shape index (κ1) is 12.3. The quantitative estimate of drug-likeness (QED) is 0.804. The van der Waals surface area contributed by atoms with Crippen molar-refractivity contribution in [1.29, 1.82) is 0 Å². The van der Waals surface area contributed by atoms with Crippen molar-refractivity contribution in [1.82, 2.24) is 10.2 Å². The van der Waals surface area contributed by atoms with E-state index in [9.17, 15) is 4.79 Å².